The van der Waals surface area contributed by atoms with Crippen LogP contribution in [0.2, 0.25) is 0 Å². The Kier molecular flexibility index (Phi) is 5.98. The highest BCUT2D eigenvalue weighted by atomic mass is 16.5. The van der Waals surface area contributed by atoms with Crippen molar-refractivity contribution in [3.8, 4) is 17.0 Å². The standard InChI is InChI=1S/C27H27N3O3/c1-2-3-7-16-32-21-14-12-20(13-15-21)26-23-24(19-9-5-4-6-10-19)28-29-25(23)27(31)30(26)18-22-11-8-17-33-22/h4-6,8-15,17,26H,2-3,7,16,18H2,1H3,(H,28,29). The summed E-state index contributed by atoms with van der Waals surface area (Å²) in [6.07, 6.45) is 5.01. The highest BCUT2D eigenvalue weighted by Gasteiger charge is 2.42. The topological polar surface area (TPSA) is 71.4 Å². The number of unbranched alkanes of at least 4 members (excludes halogenated alkanes) is 2. The molecule has 1 aliphatic rings. The number of hydrogen-bond acceptors (Lipinski definition) is 4. The van der Waals surface area contributed by atoms with E-state index in [0.29, 0.717) is 18.8 Å². The van der Waals surface area contributed by atoms with Gasteiger partial charge in [0.05, 0.1) is 31.2 Å². The van der Waals surface area contributed by atoms with Gasteiger partial charge in [-0.1, -0.05) is 62.2 Å². The number of carbonyl (C=O) groups is 1. The van der Waals surface area contributed by atoms with Crippen molar-refractivity contribution < 1.29 is 13.9 Å². The monoisotopic (exact) mass is 441 g/mol. The number of nitrogens with one attached hydrogen (secondary N) is 1. The molecular formula is C27H27N3O3. The van der Waals surface area contributed by atoms with Crippen molar-refractivity contribution in [1.29, 1.82) is 0 Å². The van der Waals surface area contributed by atoms with Gasteiger partial charge in [0.1, 0.15) is 17.2 Å². The predicted octanol–water partition coefficient (Wildman–Crippen LogP) is 5.98. The Morgan fingerprint density at radius 1 is 1.03 bits per heavy atom. The van der Waals surface area contributed by atoms with E-state index in [1.165, 1.54) is 6.42 Å². The number of H-pyrrole nitrogens is 1. The summed E-state index contributed by atoms with van der Waals surface area (Å²) in [4.78, 5) is 15.2. The summed E-state index contributed by atoms with van der Waals surface area (Å²) in [5.74, 6) is 1.50. The Morgan fingerprint density at radius 3 is 2.58 bits per heavy atom. The van der Waals surface area contributed by atoms with E-state index in [4.69, 9.17) is 9.15 Å². The SMILES string of the molecule is CCCCCOc1ccc(C2c3c(-c4ccccc4)n[nH]c3C(=O)N2Cc2ccco2)cc1. The first-order chi connectivity index (χ1) is 16.3. The third-order valence-electron chi connectivity index (χ3n) is 6.03. The number of benzene rings is 2. The van der Waals surface area contributed by atoms with Gasteiger partial charge in [-0.2, -0.15) is 5.10 Å². The fourth-order valence-electron chi connectivity index (χ4n) is 4.38. The number of fused-ring (bicyclic) bond motifs is 1. The van der Waals surface area contributed by atoms with Crippen LogP contribution in [0.1, 0.15) is 59.6 Å². The summed E-state index contributed by atoms with van der Waals surface area (Å²) >= 11 is 0. The normalized spacial score (nSPS) is 15.1. The third-order valence-corrected chi connectivity index (χ3v) is 6.03. The Hall–Kier alpha value is -3.80. The van der Waals surface area contributed by atoms with Crippen LogP contribution in [0.3, 0.4) is 0 Å². The second-order valence-electron chi connectivity index (χ2n) is 8.27. The van der Waals surface area contributed by atoms with Gasteiger partial charge in [-0.05, 0) is 36.2 Å². The van der Waals surface area contributed by atoms with E-state index in [1.807, 2.05) is 71.6 Å². The minimum atomic E-state index is -0.277. The first-order valence-corrected chi connectivity index (χ1v) is 11.5. The number of hydrogen-bond donors (Lipinski definition) is 1. The number of amides is 1. The maximum absolute atomic E-state index is 13.4. The maximum Gasteiger partial charge on any atom is 0.273 e. The number of aromatic amines is 1. The largest absolute Gasteiger partial charge is 0.494 e. The van der Waals surface area contributed by atoms with Crippen LogP contribution in [0.25, 0.3) is 11.3 Å². The van der Waals surface area contributed by atoms with Gasteiger partial charge in [0, 0.05) is 11.1 Å². The maximum atomic E-state index is 13.4. The lowest BCUT2D eigenvalue weighted by molar-refractivity contribution is 0.0717. The first-order valence-electron chi connectivity index (χ1n) is 11.5. The predicted molar refractivity (Wildman–Crippen MR) is 126 cm³/mol. The molecule has 1 N–H and O–H groups in total. The fraction of sp³-hybridized carbons (Fsp3) is 0.259. The zero-order valence-corrected chi connectivity index (χ0v) is 18.7. The molecule has 2 aromatic carbocycles. The van der Waals surface area contributed by atoms with Crippen molar-refractivity contribution in [3.05, 3.63) is 95.6 Å². The number of nitrogens with zero attached hydrogens (tertiary/aromatic N) is 2. The summed E-state index contributed by atoms with van der Waals surface area (Å²) < 4.78 is 11.5. The molecule has 168 valence electrons. The molecule has 33 heavy (non-hydrogen) atoms. The molecule has 1 unspecified atom stereocenters. The molecule has 1 amide bonds. The van der Waals surface area contributed by atoms with Gasteiger partial charge in [-0.15, -0.1) is 0 Å². The molecule has 1 atom stereocenters. The van der Waals surface area contributed by atoms with E-state index in [2.05, 4.69) is 17.1 Å². The van der Waals surface area contributed by atoms with Crippen LogP contribution in [0.4, 0.5) is 0 Å². The Labute approximate surface area is 193 Å². The van der Waals surface area contributed by atoms with Crippen LogP contribution in [-0.2, 0) is 6.54 Å². The molecule has 6 nitrogen and oxygen atoms in total. The molecule has 0 bridgehead atoms. The smallest absolute Gasteiger partial charge is 0.273 e. The van der Waals surface area contributed by atoms with Gasteiger partial charge in [-0.3, -0.25) is 9.89 Å². The van der Waals surface area contributed by atoms with Crippen LogP contribution < -0.4 is 4.74 Å². The molecule has 5 rings (SSSR count). The zero-order valence-electron chi connectivity index (χ0n) is 18.7. The fourth-order valence-corrected chi connectivity index (χ4v) is 4.38. The molecule has 3 heterocycles. The molecule has 0 spiro atoms. The second-order valence-corrected chi connectivity index (χ2v) is 8.27. The molecule has 0 fully saturated rings. The van der Waals surface area contributed by atoms with Gasteiger partial charge in [-0.25, -0.2) is 0 Å². The molecule has 0 saturated carbocycles. The van der Waals surface area contributed by atoms with Crippen LogP contribution in [0.15, 0.2) is 77.4 Å². The van der Waals surface area contributed by atoms with Crippen molar-refractivity contribution in [3.63, 3.8) is 0 Å². The molecule has 0 radical (unpaired) electrons. The van der Waals surface area contributed by atoms with Gasteiger partial charge >= 0.3 is 0 Å². The van der Waals surface area contributed by atoms with E-state index in [-0.39, 0.29) is 11.9 Å². The minimum Gasteiger partial charge on any atom is -0.494 e. The van der Waals surface area contributed by atoms with E-state index in [9.17, 15) is 4.79 Å². The van der Waals surface area contributed by atoms with Crippen LogP contribution >= 0.6 is 0 Å². The molecule has 4 aromatic rings. The van der Waals surface area contributed by atoms with Gasteiger partial charge in [0.15, 0.2) is 0 Å². The van der Waals surface area contributed by atoms with Gasteiger partial charge in [0.25, 0.3) is 5.91 Å². The molecule has 1 aliphatic heterocycles. The van der Waals surface area contributed by atoms with Gasteiger partial charge < -0.3 is 14.1 Å². The van der Waals surface area contributed by atoms with Crippen LogP contribution in [0, 0.1) is 0 Å². The molecule has 0 saturated heterocycles. The molecule has 6 heteroatoms. The lowest BCUT2D eigenvalue weighted by atomic mass is 9.96. The van der Waals surface area contributed by atoms with Gasteiger partial charge in [0.2, 0.25) is 0 Å². The first kappa shape index (κ1) is 21.1. The number of carbonyl (C=O) groups excluding carboxylic acids is 1. The molecular weight excluding hydrogens is 414 g/mol. The zero-order chi connectivity index (χ0) is 22.6. The lowest BCUT2D eigenvalue weighted by Gasteiger charge is -2.25. The average molecular weight is 442 g/mol. The minimum absolute atomic E-state index is 0.0824. The van der Waals surface area contributed by atoms with Crippen LogP contribution in [-0.4, -0.2) is 27.6 Å². The number of aromatic nitrogens is 2. The number of ether oxygens (including phenoxy) is 1. The summed E-state index contributed by atoms with van der Waals surface area (Å²) in [7, 11) is 0. The highest BCUT2D eigenvalue weighted by Crippen LogP contribution is 2.43. The van der Waals surface area contributed by atoms with Crippen molar-refractivity contribution in [2.24, 2.45) is 0 Å². The van der Waals surface area contributed by atoms with E-state index in [0.717, 1.165) is 46.7 Å². The van der Waals surface area contributed by atoms with E-state index < -0.39 is 0 Å². The average Bonchev–Trinajstić information content (AvgIpc) is 3.58. The van der Waals surface area contributed by atoms with Crippen LogP contribution in [0.5, 0.6) is 5.75 Å². The second kappa shape index (κ2) is 9.36. The van der Waals surface area contributed by atoms with Crippen molar-refractivity contribution in [2.45, 2.75) is 38.8 Å². The van der Waals surface area contributed by atoms with Crippen molar-refractivity contribution in [2.75, 3.05) is 6.61 Å². The van der Waals surface area contributed by atoms with Crippen molar-refractivity contribution in [1.82, 2.24) is 15.1 Å². The molecule has 2 aromatic heterocycles. The summed E-state index contributed by atoms with van der Waals surface area (Å²) in [5.41, 5.74) is 4.21. The quantitative estimate of drug-likeness (QED) is 0.324. The Bertz CT molecular complexity index is 1200. The summed E-state index contributed by atoms with van der Waals surface area (Å²) in [6.45, 7) is 3.27. The number of furan rings is 1. The highest BCUT2D eigenvalue weighted by molar-refractivity contribution is 6.00. The van der Waals surface area contributed by atoms with E-state index in [1.54, 1.807) is 6.26 Å². The Balaban J connectivity index is 1.50. The summed E-state index contributed by atoms with van der Waals surface area (Å²) in [6, 6.07) is 21.5. The summed E-state index contributed by atoms with van der Waals surface area (Å²) in [5, 5.41) is 7.52. The van der Waals surface area contributed by atoms with Crippen molar-refractivity contribution >= 4 is 5.91 Å². The molecule has 0 aliphatic carbocycles. The Morgan fingerprint density at radius 2 is 1.85 bits per heavy atom. The lowest BCUT2D eigenvalue weighted by Crippen LogP contribution is -2.28. The third kappa shape index (κ3) is 4.16. The van der Waals surface area contributed by atoms with E-state index >= 15 is 0 Å². The number of rotatable bonds is 9.